The molecule has 258 valence electrons. The molecular formula is C37H49N5O6. The Morgan fingerprint density at radius 3 is 2.12 bits per heavy atom. The molecule has 3 aromatic rings. The van der Waals surface area contributed by atoms with E-state index in [1.54, 1.807) is 19.1 Å². The second kappa shape index (κ2) is 19.7. The molecule has 11 heteroatoms. The number of benzene rings is 3. The van der Waals surface area contributed by atoms with Gasteiger partial charge >= 0.3 is 0 Å². The minimum absolute atomic E-state index is 0.193. The van der Waals surface area contributed by atoms with Crippen LogP contribution in [-0.4, -0.2) is 77.8 Å². The lowest BCUT2D eigenvalue weighted by molar-refractivity contribution is -0.137. The van der Waals surface area contributed by atoms with Crippen LogP contribution in [0.5, 0.6) is 5.75 Å². The topological polar surface area (TPSA) is 157 Å². The summed E-state index contributed by atoms with van der Waals surface area (Å²) in [5.74, 6) is -2.12. The molecule has 5 N–H and O–H groups in total. The Kier molecular flexibility index (Phi) is 15.4. The quantitative estimate of drug-likeness (QED) is 0.222. The third-order valence-electron chi connectivity index (χ3n) is 8.06. The van der Waals surface area contributed by atoms with Crippen LogP contribution in [-0.2, 0) is 30.4 Å². The van der Waals surface area contributed by atoms with Gasteiger partial charge in [0.05, 0.1) is 19.6 Å². The molecule has 0 aromatic heterocycles. The number of nitrogens with one attached hydrogen (secondary N) is 4. The van der Waals surface area contributed by atoms with Crippen LogP contribution in [0.1, 0.15) is 63.5 Å². The molecule has 1 aliphatic rings. The first-order chi connectivity index (χ1) is 23.1. The number of phenols is 1. The van der Waals surface area contributed by atoms with Crippen LogP contribution in [0.15, 0.2) is 66.7 Å². The Hall–Kier alpha value is -4.93. The molecule has 5 amide bonds. The molecule has 0 aliphatic carbocycles. The van der Waals surface area contributed by atoms with E-state index in [1.165, 1.54) is 10.5 Å². The first-order valence-electron chi connectivity index (χ1n) is 16.7. The summed E-state index contributed by atoms with van der Waals surface area (Å²) in [6.07, 6.45) is 5.39. The van der Waals surface area contributed by atoms with Gasteiger partial charge in [-0.15, -0.1) is 0 Å². The normalized spacial score (nSPS) is 18.0. The van der Waals surface area contributed by atoms with Gasteiger partial charge in [-0.2, -0.15) is 0 Å². The number of aromatic hydroxyl groups is 1. The largest absolute Gasteiger partial charge is 0.508 e. The number of hydrogen-bond acceptors (Lipinski definition) is 6. The summed E-state index contributed by atoms with van der Waals surface area (Å²) in [4.78, 5) is 65.9. The molecule has 4 rings (SSSR count). The lowest BCUT2D eigenvalue weighted by Crippen LogP contribution is -2.55. The molecule has 1 heterocycles. The summed E-state index contributed by atoms with van der Waals surface area (Å²) in [6.45, 7) is 5.39. The van der Waals surface area contributed by atoms with Crippen LogP contribution in [0, 0.1) is 6.92 Å². The van der Waals surface area contributed by atoms with Crippen LogP contribution >= 0.6 is 0 Å². The van der Waals surface area contributed by atoms with Gasteiger partial charge in [-0.1, -0.05) is 99.7 Å². The van der Waals surface area contributed by atoms with Crippen molar-refractivity contribution in [3.8, 4) is 5.75 Å². The van der Waals surface area contributed by atoms with Crippen molar-refractivity contribution in [1.29, 1.82) is 0 Å². The van der Waals surface area contributed by atoms with Gasteiger partial charge in [-0.25, -0.2) is 0 Å². The maximum absolute atomic E-state index is 13.2. The minimum Gasteiger partial charge on any atom is -0.508 e. The fraction of sp³-hybridized carbons (Fsp3) is 0.432. The fourth-order valence-electron chi connectivity index (χ4n) is 5.23. The molecular weight excluding hydrogens is 610 g/mol. The van der Waals surface area contributed by atoms with Crippen molar-refractivity contribution in [3.63, 3.8) is 0 Å². The lowest BCUT2D eigenvalue weighted by atomic mass is 10.0. The standard InChI is InChI=1S/C30H41N5O5.C7H8O/c1-3-5-6-7-10-15-35-20-27(37)33-24(4-2)30(40)34-25(29(39)32-18-26(36)31-19-28(35)38)17-21-13-14-22-11-8-9-12-23(22)16-21;1-6-2-4-7(8)5-3-6/h8-9,11-14,16,24-25H,3-7,10,15,17-20H2,1-2H3,(H,31,36)(H,32,39)(H,33,37)(H,34,40);2-5,8H,1H3. The second-order valence-electron chi connectivity index (χ2n) is 12.0. The van der Waals surface area contributed by atoms with Crippen LogP contribution in [0.25, 0.3) is 10.8 Å². The molecule has 0 saturated carbocycles. The highest BCUT2D eigenvalue weighted by molar-refractivity contribution is 5.95. The SMILES string of the molecule is CCCCCCCN1CC(=O)NC(CC)C(=O)NC(Cc2ccc3ccccc3c2)C(=O)NCC(=O)NCC1=O.Cc1ccc(O)cc1. The van der Waals surface area contributed by atoms with E-state index in [2.05, 4.69) is 28.2 Å². The van der Waals surface area contributed by atoms with E-state index in [0.29, 0.717) is 18.7 Å². The highest BCUT2D eigenvalue weighted by Crippen LogP contribution is 2.17. The van der Waals surface area contributed by atoms with Gasteiger partial charge < -0.3 is 31.3 Å². The predicted octanol–water partition coefficient (Wildman–Crippen LogP) is 3.51. The number of hydrogen-bond donors (Lipinski definition) is 5. The van der Waals surface area contributed by atoms with Crippen molar-refractivity contribution in [2.75, 3.05) is 26.2 Å². The van der Waals surface area contributed by atoms with E-state index < -0.39 is 41.6 Å². The van der Waals surface area contributed by atoms with E-state index in [1.807, 2.05) is 61.5 Å². The number of unbranched alkanes of at least 4 members (excludes halogenated alkanes) is 4. The third kappa shape index (κ3) is 12.7. The van der Waals surface area contributed by atoms with E-state index in [4.69, 9.17) is 5.11 Å². The van der Waals surface area contributed by atoms with Crippen LogP contribution in [0.2, 0.25) is 0 Å². The zero-order chi connectivity index (χ0) is 34.9. The average molecular weight is 660 g/mol. The maximum atomic E-state index is 13.2. The minimum atomic E-state index is -0.973. The van der Waals surface area contributed by atoms with E-state index >= 15 is 0 Å². The Morgan fingerprint density at radius 1 is 0.729 bits per heavy atom. The summed E-state index contributed by atoms with van der Waals surface area (Å²) >= 11 is 0. The van der Waals surface area contributed by atoms with Crippen molar-refractivity contribution in [2.45, 2.75) is 77.8 Å². The fourth-order valence-corrected chi connectivity index (χ4v) is 5.23. The molecule has 3 aromatic carbocycles. The summed E-state index contributed by atoms with van der Waals surface area (Å²) < 4.78 is 0. The number of rotatable bonds is 9. The Bertz CT molecular complexity index is 1510. The van der Waals surface area contributed by atoms with E-state index in [0.717, 1.165) is 48.4 Å². The number of nitrogens with zero attached hydrogens (tertiary/aromatic N) is 1. The highest BCUT2D eigenvalue weighted by atomic mass is 16.3. The Labute approximate surface area is 282 Å². The maximum Gasteiger partial charge on any atom is 0.243 e. The van der Waals surface area contributed by atoms with E-state index in [-0.39, 0.29) is 26.1 Å². The number of phenolic OH excluding ortho intramolecular Hbond substituents is 1. The van der Waals surface area contributed by atoms with Crippen LogP contribution in [0.4, 0.5) is 0 Å². The van der Waals surface area contributed by atoms with Gasteiger partial charge in [0.2, 0.25) is 29.5 Å². The number of aryl methyl sites for hydroxylation is 1. The molecule has 2 atom stereocenters. The van der Waals surface area contributed by atoms with Gasteiger partial charge in [0.25, 0.3) is 0 Å². The first-order valence-corrected chi connectivity index (χ1v) is 16.7. The van der Waals surface area contributed by atoms with Crippen molar-refractivity contribution in [2.24, 2.45) is 0 Å². The summed E-state index contributed by atoms with van der Waals surface area (Å²) in [7, 11) is 0. The summed E-state index contributed by atoms with van der Waals surface area (Å²) in [5.41, 5.74) is 2.00. The molecule has 1 fully saturated rings. The van der Waals surface area contributed by atoms with E-state index in [9.17, 15) is 24.0 Å². The van der Waals surface area contributed by atoms with Crippen molar-refractivity contribution < 1.29 is 29.1 Å². The number of amides is 5. The highest BCUT2D eigenvalue weighted by Gasteiger charge is 2.28. The number of carbonyl (C=O) groups is 5. The Morgan fingerprint density at radius 2 is 1.44 bits per heavy atom. The molecule has 2 unspecified atom stereocenters. The van der Waals surface area contributed by atoms with Gasteiger partial charge in [0.15, 0.2) is 0 Å². The summed E-state index contributed by atoms with van der Waals surface area (Å²) in [5, 5.41) is 21.4. The van der Waals surface area contributed by atoms with Crippen molar-refractivity contribution >= 4 is 40.3 Å². The molecule has 1 aliphatic heterocycles. The average Bonchev–Trinajstić information content (AvgIpc) is 3.08. The third-order valence-corrected chi connectivity index (χ3v) is 8.06. The second-order valence-corrected chi connectivity index (χ2v) is 12.0. The Balaban J connectivity index is 0.000000681. The van der Waals surface area contributed by atoms with Crippen molar-refractivity contribution in [1.82, 2.24) is 26.2 Å². The number of fused-ring (bicyclic) bond motifs is 1. The van der Waals surface area contributed by atoms with Gasteiger partial charge in [0.1, 0.15) is 17.8 Å². The van der Waals surface area contributed by atoms with Gasteiger partial charge in [-0.3, -0.25) is 24.0 Å². The molecule has 0 bridgehead atoms. The van der Waals surface area contributed by atoms with Gasteiger partial charge in [-0.05, 0) is 48.2 Å². The zero-order valence-electron chi connectivity index (χ0n) is 28.2. The number of carbonyl (C=O) groups excluding carboxylic acids is 5. The zero-order valence-corrected chi connectivity index (χ0v) is 28.2. The van der Waals surface area contributed by atoms with Crippen LogP contribution in [0.3, 0.4) is 0 Å². The molecule has 0 spiro atoms. The lowest BCUT2D eigenvalue weighted by Gasteiger charge is -2.25. The first kappa shape index (κ1) is 37.5. The van der Waals surface area contributed by atoms with Crippen LogP contribution < -0.4 is 21.3 Å². The summed E-state index contributed by atoms with van der Waals surface area (Å²) in [6, 6.07) is 18.9. The van der Waals surface area contributed by atoms with Crippen molar-refractivity contribution in [3.05, 3.63) is 77.9 Å². The molecule has 0 radical (unpaired) electrons. The smallest absolute Gasteiger partial charge is 0.243 e. The van der Waals surface area contributed by atoms with Gasteiger partial charge in [0, 0.05) is 13.0 Å². The predicted molar refractivity (Wildman–Crippen MR) is 186 cm³/mol. The molecule has 48 heavy (non-hydrogen) atoms. The molecule has 11 nitrogen and oxygen atoms in total. The molecule has 1 saturated heterocycles. The monoisotopic (exact) mass is 659 g/mol.